The summed E-state index contributed by atoms with van der Waals surface area (Å²) < 4.78 is 0. The summed E-state index contributed by atoms with van der Waals surface area (Å²) in [5, 5.41) is 11.5. The molecule has 0 aliphatic heterocycles. The van der Waals surface area contributed by atoms with Crippen LogP contribution in [0.15, 0.2) is 24.3 Å². The maximum absolute atomic E-state index is 12.0. The van der Waals surface area contributed by atoms with Gasteiger partial charge in [-0.15, -0.1) is 11.8 Å². The molecule has 0 aliphatic carbocycles. The van der Waals surface area contributed by atoms with Crippen LogP contribution in [0.1, 0.15) is 38.7 Å². The number of aliphatic carboxylic acids is 1. The molecule has 0 fully saturated rings. The zero-order chi connectivity index (χ0) is 15.7. The highest BCUT2D eigenvalue weighted by Gasteiger charge is 2.12. The molecule has 1 atom stereocenters. The fourth-order valence-electron chi connectivity index (χ4n) is 1.90. The van der Waals surface area contributed by atoms with Crippen LogP contribution < -0.4 is 5.32 Å². The average Bonchev–Trinajstić information content (AvgIpc) is 2.44. The molecule has 1 unspecified atom stereocenters. The van der Waals surface area contributed by atoms with Crippen molar-refractivity contribution in [3.63, 3.8) is 0 Å². The number of thioether (sulfide) groups is 1. The molecule has 4 nitrogen and oxygen atoms in total. The molecule has 0 saturated carbocycles. The van der Waals surface area contributed by atoms with Crippen molar-refractivity contribution in [3.8, 4) is 0 Å². The minimum Gasteiger partial charge on any atom is -0.481 e. The van der Waals surface area contributed by atoms with E-state index in [2.05, 4.69) is 12.2 Å². The van der Waals surface area contributed by atoms with Gasteiger partial charge in [0, 0.05) is 17.4 Å². The lowest BCUT2D eigenvalue weighted by atomic mass is 10.0. The van der Waals surface area contributed by atoms with E-state index in [1.54, 1.807) is 0 Å². The summed E-state index contributed by atoms with van der Waals surface area (Å²) in [5.74, 6) is -0.0468. The number of benzene rings is 1. The maximum atomic E-state index is 12.0. The molecule has 0 aliphatic rings. The summed E-state index contributed by atoms with van der Waals surface area (Å²) in [6, 6.07) is 7.57. The van der Waals surface area contributed by atoms with Crippen molar-refractivity contribution in [3.05, 3.63) is 29.8 Å². The van der Waals surface area contributed by atoms with Gasteiger partial charge in [-0.05, 0) is 24.1 Å². The van der Waals surface area contributed by atoms with Gasteiger partial charge in [-0.2, -0.15) is 0 Å². The number of hydrogen-bond acceptors (Lipinski definition) is 3. The van der Waals surface area contributed by atoms with E-state index in [1.807, 2.05) is 31.2 Å². The topological polar surface area (TPSA) is 66.4 Å². The summed E-state index contributed by atoms with van der Waals surface area (Å²) >= 11 is 1.35. The van der Waals surface area contributed by atoms with Crippen LogP contribution >= 0.6 is 11.8 Å². The van der Waals surface area contributed by atoms with Gasteiger partial charge in [-0.1, -0.05) is 38.8 Å². The summed E-state index contributed by atoms with van der Waals surface area (Å²) in [6.45, 7) is 4.06. The van der Waals surface area contributed by atoms with E-state index in [0.717, 1.165) is 30.5 Å². The summed E-state index contributed by atoms with van der Waals surface area (Å²) in [7, 11) is 0. The van der Waals surface area contributed by atoms with Crippen molar-refractivity contribution in [2.45, 2.75) is 38.9 Å². The minimum absolute atomic E-state index is 0.00925. The van der Waals surface area contributed by atoms with E-state index < -0.39 is 5.97 Å². The Hall–Kier alpha value is -1.49. The SMILES string of the molecule is CCCCC(C)C(=O)Nc1cccc(CSCC(=O)O)c1. The Kier molecular flexibility index (Phi) is 7.90. The number of amides is 1. The molecule has 0 radical (unpaired) electrons. The Balaban J connectivity index is 2.51. The predicted octanol–water partition coefficient (Wildman–Crippen LogP) is 3.77. The zero-order valence-corrected chi connectivity index (χ0v) is 13.4. The molecule has 2 N–H and O–H groups in total. The predicted molar refractivity (Wildman–Crippen MR) is 87.6 cm³/mol. The number of carboxylic acid groups (broad SMARTS) is 1. The molecule has 0 saturated heterocycles. The normalized spacial score (nSPS) is 11.9. The number of anilines is 1. The Morgan fingerprint density at radius 3 is 2.81 bits per heavy atom. The fourth-order valence-corrected chi connectivity index (χ4v) is 2.59. The van der Waals surface area contributed by atoms with Crippen LogP contribution in [0.25, 0.3) is 0 Å². The first-order valence-corrected chi connectivity index (χ1v) is 8.37. The Morgan fingerprint density at radius 2 is 2.14 bits per heavy atom. The number of nitrogens with one attached hydrogen (secondary N) is 1. The minimum atomic E-state index is -0.811. The highest BCUT2D eigenvalue weighted by molar-refractivity contribution is 7.99. The quantitative estimate of drug-likeness (QED) is 0.728. The van der Waals surface area contributed by atoms with Crippen LogP contribution in [0.2, 0.25) is 0 Å². The van der Waals surface area contributed by atoms with Gasteiger partial charge in [0.1, 0.15) is 0 Å². The van der Waals surface area contributed by atoms with Gasteiger partial charge in [0.05, 0.1) is 5.75 Å². The van der Waals surface area contributed by atoms with Gasteiger partial charge < -0.3 is 10.4 Å². The van der Waals surface area contributed by atoms with Crippen molar-refractivity contribution in [1.82, 2.24) is 0 Å². The molecule has 0 heterocycles. The smallest absolute Gasteiger partial charge is 0.313 e. The Labute approximate surface area is 130 Å². The Morgan fingerprint density at radius 1 is 1.38 bits per heavy atom. The van der Waals surface area contributed by atoms with E-state index in [0.29, 0.717) is 5.75 Å². The highest BCUT2D eigenvalue weighted by atomic mass is 32.2. The first-order chi connectivity index (χ1) is 10.0. The van der Waals surface area contributed by atoms with Gasteiger partial charge >= 0.3 is 5.97 Å². The largest absolute Gasteiger partial charge is 0.481 e. The molecule has 116 valence electrons. The van der Waals surface area contributed by atoms with Crippen molar-refractivity contribution in [2.75, 3.05) is 11.1 Å². The molecule has 1 aromatic rings. The molecule has 1 aromatic carbocycles. The van der Waals surface area contributed by atoms with Crippen molar-refractivity contribution in [1.29, 1.82) is 0 Å². The number of rotatable bonds is 9. The number of unbranched alkanes of at least 4 members (excludes halogenated alkanes) is 1. The Bertz CT molecular complexity index is 476. The van der Waals surface area contributed by atoms with Crippen LogP contribution in [0.5, 0.6) is 0 Å². The molecule has 21 heavy (non-hydrogen) atoms. The second kappa shape index (κ2) is 9.45. The lowest BCUT2D eigenvalue weighted by molar-refractivity contribution is -0.133. The van der Waals surface area contributed by atoms with Gasteiger partial charge in [0.2, 0.25) is 5.91 Å². The van der Waals surface area contributed by atoms with E-state index >= 15 is 0 Å². The fraction of sp³-hybridized carbons (Fsp3) is 0.500. The summed E-state index contributed by atoms with van der Waals surface area (Å²) in [6.07, 6.45) is 3.05. The molecule has 5 heteroatoms. The van der Waals surface area contributed by atoms with E-state index in [-0.39, 0.29) is 17.6 Å². The van der Waals surface area contributed by atoms with Crippen LogP contribution in [-0.4, -0.2) is 22.7 Å². The molecular weight excluding hydrogens is 286 g/mol. The van der Waals surface area contributed by atoms with Gasteiger partial charge in [-0.3, -0.25) is 9.59 Å². The molecule has 0 bridgehead atoms. The zero-order valence-electron chi connectivity index (χ0n) is 12.6. The summed E-state index contributed by atoms with van der Waals surface area (Å²) in [4.78, 5) is 22.5. The van der Waals surface area contributed by atoms with Crippen LogP contribution in [-0.2, 0) is 15.3 Å². The number of carbonyl (C=O) groups excluding carboxylic acids is 1. The van der Waals surface area contributed by atoms with Crippen LogP contribution in [0.3, 0.4) is 0 Å². The lowest BCUT2D eigenvalue weighted by Gasteiger charge is -2.12. The van der Waals surface area contributed by atoms with E-state index in [1.165, 1.54) is 11.8 Å². The second-order valence-corrected chi connectivity index (χ2v) is 6.11. The third-order valence-electron chi connectivity index (χ3n) is 3.13. The molecule has 1 rings (SSSR count). The average molecular weight is 309 g/mol. The number of carboxylic acids is 1. The third kappa shape index (κ3) is 7.18. The first kappa shape index (κ1) is 17.6. The van der Waals surface area contributed by atoms with E-state index in [9.17, 15) is 9.59 Å². The van der Waals surface area contributed by atoms with Crippen LogP contribution in [0.4, 0.5) is 5.69 Å². The highest BCUT2D eigenvalue weighted by Crippen LogP contribution is 2.18. The van der Waals surface area contributed by atoms with Gasteiger partial charge in [0.25, 0.3) is 0 Å². The number of hydrogen-bond donors (Lipinski definition) is 2. The second-order valence-electron chi connectivity index (χ2n) is 5.12. The van der Waals surface area contributed by atoms with E-state index in [4.69, 9.17) is 5.11 Å². The first-order valence-electron chi connectivity index (χ1n) is 7.22. The van der Waals surface area contributed by atoms with Crippen molar-refractivity contribution in [2.24, 2.45) is 5.92 Å². The van der Waals surface area contributed by atoms with Gasteiger partial charge in [-0.25, -0.2) is 0 Å². The number of carbonyl (C=O) groups is 2. The summed E-state index contributed by atoms with van der Waals surface area (Å²) in [5.41, 5.74) is 1.79. The van der Waals surface area contributed by atoms with Gasteiger partial charge in [0.15, 0.2) is 0 Å². The molecule has 0 spiro atoms. The third-order valence-corrected chi connectivity index (χ3v) is 4.12. The molecule has 1 amide bonds. The van der Waals surface area contributed by atoms with Crippen molar-refractivity contribution >= 4 is 29.3 Å². The lowest BCUT2D eigenvalue weighted by Crippen LogP contribution is -2.20. The maximum Gasteiger partial charge on any atom is 0.313 e. The van der Waals surface area contributed by atoms with Crippen LogP contribution in [0, 0.1) is 5.92 Å². The molecular formula is C16H23NO3S. The monoisotopic (exact) mass is 309 g/mol. The molecule has 0 aromatic heterocycles. The standard InChI is InChI=1S/C16H23NO3S/c1-3-4-6-12(2)16(20)17-14-8-5-7-13(9-14)10-21-11-15(18)19/h5,7-9,12H,3-4,6,10-11H2,1-2H3,(H,17,20)(H,18,19). The van der Waals surface area contributed by atoms with Crippen molar-refractivity contribution < 1.29 is 14.7 Å².